The predicted molar refractivity (Wildman–Crippen MR) is 72.4 cm³/mol. The van der Waals surface area contributed by atoms with Gasteiger partial charge in [0, 0.05) is 18.3 Å². The fraction of sp³-hybridized carbons (Fsp3) is 0.400. The lowest BCUT2D eigenvalue weighted by atomic mass is 10.0. The average Bonchev–Trinajstić information content (AvgIpc) is 2.76. The van der Waals surface area contributed by atoms with Gasteiger partial charge < -0.3 is 9.67 Å². The normalized spacial score (nSPS) is 12.9. The molecule has 0 amide bonds. The molecule has 0 spiro atoms. The lowest BCUT2D eigenvalue weighted by Gasteiger charge is -2.17. The summed E-state index contributed by atoms with van der Waals surface area (Å²) in [5.74, 6) is 0.967. The third-order valence-corrected chi connectivity index (χ3v) is 3.22. The number of hydrogen-bond donors (Lipinski definition) is 1. The molecule has 0 fully saturated rings. The van der Waals surface area contributed by atoms with Crippen molar-refractivity contribution < 1.29 is 9.50 Å². The topological polar surface area (TPSA) is 38.0 Å². The van der Waals surface area contributed by atoms with Gasteiger partial charge in [-0.2, -0.15) is 0 Å². The quantitative estimate of drug-likeness (QED) is 0.919. The van der Waals surface area contributed by atoms with E-state index in [4.69, 9.17) is 0 Å². The highest BCUT2D eigenvalue weighted by atomic mass is 19.1. The number of aliphatic hydroxyl groups is 1. The van der Waals surface area contributed by atoms with Crippen LogP contribution < -0.4 is 0 Å². The molecule has 0 saturated carbocycles. The summed E-state index contributed by atoms with van der Waals surface area (Å²) in [7, 11) is 0. The van der Waals surface area contributed by atoms with Crippen LogP contribution >= 0.6 is 0 Å². The lowest BCUT2D eigenvalue weighted by molar-refractivity contribution is 0.154. The van der Waals surface area contributed by atoms with Gasteiger partial charge in [0.25, 0.3) is 0 Å². The van der Waals surface area contributed by atoms with Gasteiger partial charge in [0.1, 0.15) is 11.6 Å². The largest absolute Gasteiger partial charge is 0.387 e. The van der Waals surface area contributed by atoms with Crippen molar-refractivity contribution in [2.75, 3.05) is 0 Å². The Morgan fingerprint density at radius 2 is 2.11 bits per heavy atom. The van der Waals surface area contributed by atoms with Crippen molar-refractivity contribution in [3.8, 4) is 0 Å². The Bertz CT molecular complexity index is 563. The molecule has 2 aromatic rings. The van der Waals surface area contributed by atoms with E-state index in [1.54, 1.807) is 19.2 Å². The molecule has 1 N–H and O–H groups in total. The highest BCUT2D eigenvalue weighted by Gasteiger charge is 2.14. The minimum atomic E-state index is -0.660. The molecule has 0 aliphatic rings. The molecule has 0 aliphatic heterocycles. The zero-order valence-corrected chi connectivity index (χ0v) is 11.5. The van der Waals surface area contributed by atoms with Gasteiger partial charge in [0.15, 0.2) is 0 Å². The van der Waals surface area contributed by atoms with E-state index in [0.717, 1.165) is 17.0 Å². The van der Waals surface area contributed by atoms with Crippen molar-refractivity contribution in [3.63, 3.8) is 0 Å². The first kappa shape index (κ1) is 13.7. The predicted octanol–water partition coefficient (Wildman–Crippen LogP) is 3.19. The molecule has 3 nitrogen and oxygen atoms in total. The van der Waals surface area contributed by atoms with E-state index < -0.39 is 6.10 Å². The van der Waals surface area contributed by atoms with Gasteiger partial charge in [-0.05, 0) is 30.2 Å². The molecular weight excluding hydrogens is 243 g/mol. The Kier molecular flexibility index (Phi) is 4.00. The molecule has 0 bridgehead atoms. The highest BCUT2D eigenvalue weighted by molar-refractivity contribution is 5.28. The van der Waals surface area contributed by atoms with Crippen LogP contribution in [-0.4, -0.2) is 14.7 Å². The molecule has 0 saturated heterocycles. The molecule has 2 rings (SSSR count). The smallest absolute Gasteiger partial charge is 0.123 e. The maximum atomic E-state index is 13.1. The number of aryl methyl sites for hydroxylation is 1. The molecule has 1 heterocycles. The van der Waals surface area contributed by atoms with Gasteiger partial charge in [-0.1, -0.05) is 19.9 Å². The third kappa shape index (κ3) is 3.01. The monoisotopic (exact) mass is 262 g/mol. The van der Waals surface area contributed by atoms with Crippen LogP contribution in [0.25, 0.3) is 0 Å². The maximum absolute atomic E-state index is 13.1. The van der Waals surface area contributed by atoms with Crippen LogP contribution in [0.2, 0.25) is 0 Å². The molecule has 0 radical (unpaired) electrons. The summed E-state index contributed by atoms with van der Waals surface area (Å²) in [6.45, 7) is 6.36. The summed E-state index contributed by atoms with van der Waals surface area (Å²) in [6, 6.07) is 4.46. The first-order valence-electron chi connectivity index (χ1n) is 6.44. The number of benzene rings is 1. The zero-order valence-electron chi connectivity index (χ0n) is 11.5. The summed E-state index contributed by atoms with van der Waals surface area (Å²) >= 11 is 0. The van der Waals surface area contributed by atoms with Crippen LogP contribution in [0.15, 0.2) is 30.6 Å². The van der Waals surface area contributed by atoms with E-state index in [9.17, 15) is 9.50 Å². The fourth-order valence-corrected chi connectivity index (χ4v) is 2.27. The lowest BCUT2D eigenvalue weighted by Crippen LogP contribution is -2.12. The second-order valence-corrected chi connectivity index (χ2v) is 5.11. The average molecular weight is 262 g/mol. The minimum Gasteiger partial charge on any atom is -0.387 e. The van der Waals surface area contributed by atoms with Crippen molar-refractivity contribution in [2.24, 2.45) is 0 Å². The Hall–Kier alpha value is -1.68. The van der Waals surface area contributed by atoms with Crippen molar-refractivity contribution in [2.45, 2.75) is 39.3 Å². The van der Waals surface area contributed by atoms with Crippen LogP contribution in [0, 0.1) is 12.7 Å². The van der Waals surface area contributed by atoms with Gasteiger partial charge in [0.05, 0.1) is 12.6 Å². The molecule has 1 aromatic heterocycles. The van der Waals surface area contributed by atoms with Crippen LogP contribution in [0.3, 0.4) is 0 Å². The Morgan fingerprint density at radius 1 is 1.37 bits per heavy atom. The number of aliphatic hydroxyl groups excluding tert-OH is 1. The number of hydrogen-bond acceptors (Lipinski definition) is 2. The van der Waals surface area contributed by atoms with Crippen LogP contribution in [0.1, 0.15) is 42.8 Å². The van der Waals surface area contributed by atoms with Crippen molar-refractivity contribution in [3.05, 3.63) is 53.4 Å². The van der Waals surface area contributed by atoms with Crippen LogP contribution in [0.5, 0.6) is 0 Å². The molecule has 1 atom stereocenters. The Labute approximate surface area is 112 Å². The molecule has 19 heavy (non-hydrogen) atoms. The first-order valence-corrected chi connectivity index (χ1v) is 6.44. The van der Waals surface area contributed by atoms with E-state index in [1.165, 1.54) is 12.1 Å². The second kappa shape index (κ2) is 5.53. The Morgan fingerprint density at radius 3 is 2.74 bits per heavy atom. The molecule has 102 valence electrons. The van der Waals surface area contributed by atoms with Gasteiger partial charge >= 0.3 is 0 Å². The van der Waals surface area contributed by atoms with Crippen molar-refractivity contribution in [1.82, 2.24) is 9.55 Å². The van der Waals surface area contributed by atoms with Crippen molar-refractivity contribution >= 4 is 0 Å². The molecule has 1 aromatic carbocycles. The van der Waals surface area contributed by atoms with Gasteiger partial charge in [0.2, 0.25) is 0 Å². The molecule has 4 heteroatoms. The summed E-state index contributed by atoms with van der Waals surface area (Å²) < 4.78 is 15.0. The fourth-order valence-electron chi connectivity index (χ4n) is 2.27. The van der Waals surface area contributed by atoms with E-state index in [-0.39, 0.29) is 5.82 Å². The number of halogens is 1. The van der Waals surface area contributed by atoms with Gasteiger partial charge in [-0.25, -0.2) is 9.37 Å². The minimum absolute atomic E-state index is 0.279. The van der Waals surface area contributed by atoms with E-state index in [1.807, 2.05) is 10.8 Å². The summed E-state index contributed by atoms with van der Waals surface area (Å²) in [5.41, 5.74) is 1.52. The summed E-state index contributed by atoms with van der Waals surface area (Å²) in [5, 5.41) is 10.3. The first-order chi connectivity index (χ1) is 8.99. The zero-order chi connectivity index (χ0) is 14.0. The van der Waals surface area contributed by atoms with Crippen LogP contribution in [-0.2, 0) is 6.54 Å². The number of nitrogens with zero attached hydrogens (tertiary/aromatic N) is 2. The summed E-state index contributed by atoms with van der Waals surface area (Å²) in [4.78, 5) is 4.29. The maximum Gasteiger partial charge on any atom is 0.123 e. The van der Waals surface area contributed by atoms with Gasteiger partial charge in [-0.15, -0.1) is 0 Å². The van der Waals surface area contributed by atoms with Crippen molar-refractivity contribution in [1.29, 1.82) is 0 Å². The standard InChI is InChI=1S/C15H19FN2O/c1-10(2)15-17-6-7-18(15)9-14(19)13-5-4-12(16)8-11(13)3/h4-8,10,14,19H,9H2,1-3H3. The van der Waals surface area contributed by atoms with Crippen LogP contribution in [0.4, 0.5) is 4.39 Å². The third-order valence-electron chi connectivity index (χ3n) is 3.22. The SMILES string of the molecule is Cc1cc(F)ccc1C(O)Cn1ccnc1C(C)C. The number of aromatic nitrogens is 2. The van der Waals surface area contributed by atoms with E-state index in [2.05, 4.69) is 18.8 Å². The molecular formula is C15H19FN2O. The van der Waals surface area contributed by atoms with Gasteiger partial charge in [-0.3, -0.25) is 0 Å². The van der Waals surface area contributed by atoms with E-state index in [0.29, 0.717) is 12.5 Å². The Balaban J connectivity index is 2.21. The number of imidazole rings is 1. The second-order valence-electron chi connectivity index (χ2n) is 5.11. The highest BCUT2D eigenvalue weighted by Crippen LogP contribution is 2.22. The molecule has 0 aliphatic carbocycles. The summed E-state index contributed by atoms with van der Waals surface area (Å²) in [6.07, 6.45) is 2.93. The van der Waals surface area contributed by atoms with E-state index >= 15 is 0 Å². The molecule has 1 unspecified atom stereocenters. The number of rotatable bonds is 4.